The van der Waals surface area contributed by atoms with Gasteiger partial charge in [0.15, 0.2) is 0 Å². The second-order valence-electron chi connectivity index (χ2n) is 6.01. The highest BCUT2D eigenvalue weighted by molar-refractivity contribution is 7.09. The summed E-state index contributed by atoms with van der Waals surface area (Å²) in [5, 5.41) is 4.99. The van der Waals surface area contributed by atoms with Crippen molar-refractivity contribution in [2.45, 2.75) is 19.4 Å². The van der Waals surface area contributed by atoms with Gasteiger partial charge < -0.3 is 5.32 Å². The van der Waals surface area contributed by atoms with Gasteiger partial charge in [-0.3, -0.25) is 9.69 Å². The quantitative estimate of drug-likeness (QED) is 0.908. The van der Waals surface area contributed by atoms with Crippen molar-refractivity contribution in [3.63, 3.8) is 0 Å². The molecule has 1 aromatic carbocycles. The average molecular weight is 332 g/mol. The third-order valence-electron chi connectivity index (χ3n) is 4.23. The maximum Gasteiger partial charge on any atom is 0.254 e. The molecule has 2 aromatic rings. The van der Waals surface area contributed by atoms with E-state index in [1.54, 1.807) is 23.5 Å². The monoisotopic (exact) mass is 332 g/mol. The van der Waals surface area contributed by atoms with Gasteiger partial charge in [-0.15, -0.1) is 11.3 Å². The van der Waals surface area contributed by atoms with Crippen molar-refractivity contribution in [3.05, 3.63) is 58.0 Å². The van der Waals surface area contributed by atoms with Crippen LogP contribution < -0.4 is 5.32 Å². The maximum atomic E-state index is 13.6. The van der Waals surface area contributed by atoms with Crippen molar-refractivity contribution in [1.29, 1.82) is 0 Å². The van der Waals surface area contributed by atoms with Gasteiger partial charge in [-0.1, -0.05) is 18.2 Å². The number of likely N-dealkylation sites (tertiary alicyclic amines) is 1. The first-order valence-corrected chi connectivity index (χ1v) is 8.88. The summed E-state index contributed by atoms with van der Waals surface area (Å²) in [6.45, 7) is 3.68. The average Bonchev–Trinajstić information content (AvgIpc) is 3.06. The molecule has 1 N–H and O–H groups in total. The molecule has 5 heteroatoms. The van der Waals surface area contributed by atoms with Crippen LogP contribution in [-0.2, 0) is 6.54 Å². The predicted octanol–water partition coefficient (Wildman–Crippen LogP) is 3.53. The van der Waals surface area contributed by atoms with Gasteiger partial charge in [-0.2, -0.15) is 0 Å². The Hall–Kier alpha value is -1.72. The Morgan fingerprint density at radius 2 is 2.17 bits per heavy atom. The number of rotatable bonds is 5. The van der Waals surface area contributed by atoms with E-state index in [0.29, 0.717) is 12.5 Å². The van der Waals surface area contributed by atoms with E-state index in [1.165, 1.54) is 17.0 Å². The Balaban J connectivity index is 1.50. The first-order valence-electron chi connectivity index (χ1n) is 8.00. The fourth-order valence-electron chi connectivity index (χ4n) is 3.06. The lowest BCUT2D eigenvalue weighted by Gasteiger charge is -2.32. The topological polar surface area (TPSA) is 32.3 Å². The third-order valence-corrected chi connectivity index (χ3v) is 5.09. The molecule has 1 aliphatic rings. The molecule has 0 aliphatic carbocycles. The highest BCUT2D eigenvalue weighted by Crippen LogP contribution is 2.20. The van der Waals surface area contributed by atoms with E-state index < -0.39 is 5.82 Å². The van der Waals surface area contributed by atoms with Gasteiger partial charge in [0.2, 0.25) is 0 Å². The Morgan fingerprint density at radius 1 is 1.30 bits per heavy atom. The van der Waals surface area contributed by atoms with Crippen molar-refractivity contribution >= 4 is 17.2 Å². The molecule has 3 rings (SSSR count). The van der Waals surface area contributed by atoms with Crippen LogP contribution in [0, 0.1) is 11.7 Å². The van der Waals surface area contributed by atoms with Gasteiger partial charge in [0.25, 0.3) is 5.91 Å². The fraction of sp³-hybridized carbons (Fsp3) is 0.389. The van der Waals surface area contributed by atoms with Crippen LogP contribution in [0.25, 0.3) is 0 Å². The Morgan fingerprint density at radius 3 is 2.96 bits per heavy atom. The molecule has 0 radical (unpaired) electrons. The van der Waals surface area contributed by atoms with Crippen molar-refractivity contribution < 1.29 is 9.18 Å². The molecule has 3 nitrogen and oxygen atoms in total. The molecule has 0 bridgehead atoms. The number of halogens is 1. The van der Waals surface area contributed by atoms with E-state index in [9.17, 15) is 9.18 Å². The molecule has 1 fully saturated rings. The van der Waals surface area contributed by atoms with Crippen LogP contribution in [0.1, 0.15) is 28.1 Å². The van der Waals surface area contributed by atoms with Crippen LogP contribution in [0.4, 0.5) is 4.39 Å². The van der Waals surface area contributed by atoms with Crippen LogP contribution >= 0.6 is 11.3 Å². The van der Waals surface area contributed by atoms with Gasteiger partial charge in [0.05, 0.1) is 5.56 Å². The summed E-state index contributed by atoms with van der Waals surface area (Å²) in [7, 11) is 0. The van der Waals surface area contributed by atoms with Crippen LogP contribution in [0.3, 0.4) is 0 Å². The van der Waals surface area contributed by atoms with Crippen LogP contribution in [0.15, 0.2) is 41.8 Å². The number of thiophene rings is 1. The number of carbonyl (C=O) groups excluding carboxylic acids is 1. The standard InChI is InChI=1S/C18H21FN2OS/c19-17-8-2-1-7-16(17)18(22)20-11-14-5-3-9-21(12-14)13-15-6-4-10-23-15/h1-2,4,6-8,10,14H,3,5,9,11-13H2,(H,20,22)/t14-/m0/s1. The number of carbonyl (C=O) groups is 1. The molecule has 23 heavy (non-hydrogen) atoms. The number of benzene rings is 1. The van der Waals surface area contributed by atoms with Crippen molar-refractivity contribution in [3.8, 4) is 0 Å². The second kappa shape index (κ2) is 7.70. The summed E-state index contributed by atoms with van der Waals surface area (Å²) < 4.78 is 13.6. The van der Waals surface area contributed by atoms with E-state index in [2.05, 4.69) is 27.7 Å². The minimum atomic E-state index is -0.465. The van der Waals surface area contributed by atoms with E-state index in [0.717, 1.165) is 32.5 Å². The summed E-state index contributed by atoms with van der Waals surface area (Å²) in [5.41, 5.74) is 0.124. The number of piperidine rings is 1. The van der Waals surface area contributed by atoms with E-state index in [1.807, 2.05) is 0 Å². The lowest BCUT2D eigenvalue weighted by atomic mass is 9.98. The molecule has 0 saturated carbocycles. The second-order valence-corrected chi connectivity index (χ2v) is 7.04. The highest BCUT2D eigenvalue weighted by Gasteiger charge is 2.21. The highest BCUT2D eigenvalue weighted by atomic mass is 32.1. The molecule has 1 amide bonds. The summed E-state index contributed by atoms with van der Waals surface area (Å²) in [6, 6.07) is 10.4. The zero-order chi connectivity index (χ0) is 16.1. The van der Waals surface area contributed by atoms with Gasteiger partial charge in [-0.25, -0.2) is 4.39 Å². The third kappa shape index (κ3) is 4.39. The van der Waals surface area contributed by atoms with Gasteiger partial charge in [0.1, 0.15) is 5.82 Å². The van der Waals surface area contributed by atoms with Gasteiger partial charge in [0, 0.05) is 24.5 Å². The Kier molecular flexibility index (Phi) is 5.41. The zero-order valence-electron chi connectivity index (χ0n) is 13.0. The minimum absolute atomic E-state index is 0.124. The van der Waals surface area contributed by atoms with Gasteiger partial charge >= 0.3 is 0 Å². The Bertz CT molecular complexity index is 644. The van der Waals surface area contributed by atoms with Crippen molar-refractivity contribution in [2.75, 3.05) is 19.6 Å². The maximum absolute atomic E-state index is 13.6. The zero-order valence-corrected chi connectivity index (χ0v) is 13.8. The number of hydrogen-bond acceptors (Lipinski definition) is 3. The summed E-state index contributed by atoms with van der Waals surface area (Å²) >= 11 is 1.78. The SMILES string of the molecule is O=C(NC[C@@H]1CCCN(Cc2cccs2)C1)c1ccccc1F. The molecule has 122 valence electrons. The largest absolute Gasteiger partial charge is 0.352 e. The summed E-state index contributed by atoms with van der Waals surface area (Å²) in [5.74, 6) is -0.356. The molecule has 1 atom stereocenters. The van der Waals surface area contributed by atoms with Crippen LogP contribution in [0.2, 0.25) is 0 Å². The normalized spacial score (nSPS) is 18.7. The molecular formula is C18H21FN2OS. The molecule has 0 spiro atoms. The number of amides is 1. The summed E-state index contributed by atoms with van der Waals surface area (Å²) in [4.78, 5) is 15.9. The molecule has 1 aromatic heterocycles. The Labute approximate surface area is 140 Å². The van der Waals surface area contributed by atoms with Gasteiger partial charge in [-0.05, 0) is 48.9 Å². The summed E-state index contributed by atoms with van der Waals surface area (Å²) in [6.07, 6.45) is 2.25. The van der Waals surface area contributed by atoms with E-state index in [-0.39, 0.29) is 11.5 Å². The predicted molar refractivity (Wildman–Crippen MR) is 91.1 cm³/mol. The molecule has 2 heterocycles. The van der Waals surface area contributed by atoms with E-state index in [4.69, 9.17) is 0 Å². The molecule has 0 unspecified atom stereocenters. The minimum Gasteiger partial charge on any atom is -0.352 e. The molecular weight excluding hydrogens is 311 g/mol. The number of nitrogens with one attached hydrogen (secondary N) is 1. The molecule has 1 saturated heterocycles. The number of hydrogen-bond donors (Lipinski definition) is 1. The first kappa shape index (κ1) is 16.1. The smallest absolute Gasteiger partial charge is 0.254 e. The van der Waals surface area contributed by atoms with Crippen molar-refractivity contribution in [1.82, 2.24) is 10.2 Å². The number of nitrogens with zero attached hydrogens (tertiary/aromatic N) is 1. The lowest BCUT2D eigenvalue weighted by molar-refractivity contribution is 0.0927. The van der Waals surface area contributed by atoms with E-state index >= 15 is 0 Å². The fourth-order valence-corrected chi connectivity index (χ4v) is 3.81. The molecule has 1 aliphatic heterocycles. The first-order chi connectivity index (χ1) is 11.2. The van der Waals surface area contributed by atoms with Crippen molar-refractivity contribution in [2.24, 2.45) is 5.92 Å². The van der Waals surface area contributed by atoms with Crippen LogP contribution in [-0.4, -0.2) is 30.4 Å². The lowest BCUT2D eigenvalue weighted by Crippen LogP contribution is -2.40. The van der Waals surface area contributed by atoms with Crippen LogP contribution in [0.5, 0.6) is 0 Å².